The monoisotopic (exact) mass is 316 g/mol. The Morgan fingerprint density at radius 1 is 1.36 bits per heavy atom. The molecule has 3 heterocycles. The zero-order valence-corrected chi connectivity index (χ0v) is 13.2. The highest BCUT2D eigenvalue weighted by Crippen LogP contribution is 2.20. The predicted octanol–water partition coefficient (Wildman–Crippen LogP) is 2.50. The van der Waals surface area contributed by atoms with Gasteiger partial charge in [-0.15, -0.1) is 0 Å². The largest absolute Gasteiger partial charge is 0.456 e. The first-order chi connectivity index (χ1) is 10.7. The highest BCUT2D eigenvalue weighted by atomic mass is 32.2. The minimum absolute atomic E-state index is 0.286. The number of esters is 1. The lowest BCUT2D eigenvalue weighted by molar-refractivity contribution is 0.0294. The number of hydrogen-bond acceptors (Lipinski definition) is 5. The van der Waals surface area contributed by atoms with Crippen LogP contribution in [-0.2, 0) is 11.3 Å². The molecule has 0 unspecified atom stereocenters. The second-order valence-corrected chi connectivity index (χ2v) is 5.62. The van der Waals surface area contributed by atoms with Crippen molar-refractivity contribution in [2.45, 2.75) is 24.7 Å². The van der Waals surface area contributed by atoms with E-state index in [-0.39, 0.29) is 6.10 Å². The molecule has 0 aromatic carbocycles. The fraction of sp³-hybridized carbons (Fsp3) is 0.267. The van der Waals surface area contributed by atoms with E-state index in [2.05, 4.69) is 10.1 Å². The van der Waals surface area contributed by atoms with E-state index in [4.69, 9.17) is 4.74 Å². The Hall–Kier alpha value is -2.28. The molecule has 0 aliphatic heterocycles. The minimum atomic E-state index is -0.413. The van der Waals surface area contributed by atoms with Crippen molar-refractivity contribution in [3.8, 4) is 0 Å². The molecule has 3 rings (SSSR count). The molecule has 0 radical (unpaired) electrons. The number of ether oxygens (including phenoxy) is 1. The Morgan fingerprint density at radius 2 is 2.23 bits per heavy atom. The molecule has 0 N–H and O–H groups in total. The summed E-state index contributed by atoms with van der Waals surface area (Å²) in [6.07, 6.45) is 7.06. The van der Waals surface area contributed by atoms with Crippen molar-refractivity contribution >= 4 is 23.2 Å². The number of nitrogens with zero attached hydrogens (tertiary/aromatic N) is 4. The standard InChI is InChI=1S/C15H16N4O2S/c1-11(10-18-8-5-7-16-18)21-14(20)13-12-6-3-4-9-19(12)15(17-13)22-2/h3-9,11H,10H2,1-2H3/t11-/m0/s1. The lowest BCUT2D eigenvalue weighted by Gasteiger charge is -2.12. The molecule has 3 aromatic rings. The van der Waals surface area contributed by atoms with Gasteiger partial charge in [0.1, 0.15) is 6.10 Å². The topological polar surface area (TPSA) is 61.4 Å². The van der Waals surface area contributed by atoms with E-state index in [1.54, 1.807) is 10.9 Å². The summed E-state index contributed by atoms with van der Waals surface area (Å²) in [5.74, 6) is -0.413. The maximum absolute atomic E-state index is 12.4. The summed E-state index contributed by atoms with van der Waals surface area (Å²) < 4.78 is 9.11. The van der Waals surface area contributed by atoms with Crippen molar-refractivity contribution in [2.75, 3.05) is 6.26 Å². The second kappa shape index (κ2) is 6.23. The number of carbonyl (C=O) groups excluding carboxylic acids is 1. The molecule has 1 atom stereocenters. The zero-order chi connectivity index (χ0) is 15.5. The number of hydrogen-bond donors (Lipinski definition) is 0. The molecule has 3 aromatic heterocycles. The predicted molar refractivity (Wildman–Crippen MR) is 84.1 cm³/mol. The number of imidazole rings is 1. The Kier molecular flexibility index (Phi) is 4.15. The second-order valence-electron chi connectivity index (χ2n) is 4.85. The minimum Gasteiger partial charge on any atom is -0.456 e. The van der Waals surface area contributed by atoms with E-state index in [0.29, 0.717) is 12.2 Å². The molecule has 6 nitrogen and oxygen atoms in total. The summed E-state index contributed by atoms with van der Waals surface area (Å²) in [4.78, 5) is 16.8. The molecular formula is C15H16N4O2S. The van der Waals surface area contributed by atoms with Gasteiger partial charge in [-0.2, -0.15) is 5.10 Å². The molecule has 0 aliphatic carbocycles. The summed E-state index contributed by atoms with van der Waals surface area (Å²) in [5, 5.41) is 4.87. The summed E-state index contributed by atoms with van der Waals surface area (Å²) in [7, 11) is 0. The fourth-order valence-corrected chi connectivity index (χ4v) is 2.79. The Labute approximate surface area is 132 Å². The first kappa shape index (κ1) is 14.6. The van der Waals surface area contributed by atoms with Gasteiger partial charge in [-0.1, -0.05) is 17.8 Å². The van der Waals surface area contributed by atoms with Gasteiger partial charge in [0.25, 0.3) is 0 Å². The average molecular weight is 316 g/mol. The molecule has 22 heavy (non-hydrogen) atoms. The molecule has 0 spiro atoms. The molecule has 114 valence electrons. The quantitative estimate of drug-likeness (QED) is 0.534. The van der Waals surface area contributed by atoms with Crippen LogP contribution in [0.1, 0.15) is 17.4 Å². The van der Waals surface area contributed by atoms with Crippen LogP contribution in [0.4, 0.5) is 0 Å². The molecule has 0 saturated carbocycles. The molecule has 7 heteroatoms. The molecule has 0 amide bonds. The van der Waals surface area contributed by atoms with Crippen LogP contribution in [0.2, 0.25) is 0 Å². The Balaban J connectivity index is 1.80. The summed E-state index contributed by atoms with van der Waals surface area (Å²) in [6.45, 7) is 2.35. The van der Waals surface area contributed by atoms with E-state index in [0.717, 1.165) is 10.7 Å². The van der Waals surface area contributed by atoms with Crippen LogP contribution >= 0.6 is 11.8 Å². The van der Waals surface area contributed by atoms with Crippen LogP contribution in [0, 0.1) is 0 Å². The van der Waals surface area contributed by atoms with E-state index < -0.39 is 5.97 Å². The zero-order valence-electron chi connectivity index (χ0n) is 12.3. The van der Waals surface area contributed by atoms with Crippen LogP contribution in [0.25, 0.3) is 5.52 Å². The molecule has 0 fully saturated rings. The highest BCUT2D eigenvalue weighted by Gasteiger charge is 2.20. The third-order valence-corrected chi connectivity index (χ3v) is 3.86. The van der Waals surface area contributed by atoms with Crippen LogP contribution in [0.15, 0.2) is 48.0 Å². The number of thioether (sulfide) groups is 1. The third kappa shape index (κ3) is 2.85. The Morgan fingerprint density at radius 3 is 2.95 bits per heavy atom. The molecule has 0 aliphatic rings. The van der Waals surface area contributed by atoms with Crippen molar-refractivity contribution < 1.29 is 9.53 Å². The maximum Gasteiger partial charge on any atom is 0.359 e. The maximum atomic E-state index is 12.4. The van der Waals surface area contributed by atoms with Crippen LogP contribution in [0.5, 0.6) is 0 Å². The normalized spacial score (nSPS) is 12.5. The number of rotatable bonds is 5. The van der Waals surface area contributed by atoms with E-state index in [1.807, 2.05) is 54.2 Å². The number of carbonyl (C=O) groups is 1. The van der Waals surface area contributed by atoms with E-state index in [1.165, 1.54) is 11.8 Å². The van der Waals surface area contributed by atoms with Crippen molar-refractivity contribution in [2.24, 2.45) is 0 Å². The van der Waals surface area contributed by atoms with Gasteiger partial charge >= 0.3 is 5.97 Å². The van der Waals surface area contributed by atoms with Gasteiger partial charge in [0.15, 0.2) is 10.9 Å². The van der Waals surface area contributed by atoms with Crippen molar-refractivity contribution in [1.82, 2.24) is 19.2 Å². The van der Waals surface area contributed by atoms with Crippen LogP contribution < -0.4 is 0 Å². The summed E-state index contributed by atoms with van der Waals surface area (Å²) in [5.41, 5.74) is 1.10. The number of fused-ring (bicyclic) bond motifs is 1. The molecule has 0 bridgehead atoms. The summed E-state index contributed by atoms with van der Waals surface area (Å²) >= 11 is 1.49. The SMILES string of the molecule is CSc1nc(C(=O)O[C@@H](C)Cn2cccn2)c2ccccn12. The lowest BCUT2D eigenvalue weighted by Crippen LogP contribution is -2.21. The lowest BCUT2D eigenvalue weighted by atomic mass is 10.3. The molecule has 0 saturated heterocycles. The smallest absolute Gasteiger partial charge is 0.359 e. The highest BCUT2D eigenvalue weighted by molar-refractivity contribution is 7.98. The van der Waals surface area contributed by atoms with Gasteiger partial charge in [0.2, 0.25) is 0 Å². The first-order valence-electron chi connectivity index (χ1n) is 6.88. The molecular weight excluding hydrogens is 300 g/mol. The number of aromatic nitrogens is 4. The fourth-order valence-electron chi connectivity index (χ4n) is 2.25. The van der Waals surface area contributed by atoms with Crippen molar-refractivity contribution in [3.05, 3.63) is 48.5 Å². The van der Waals surface area contributed by atoms with Gasteiger partial charge in [-0.25, -0.2) is 9.78 Å². The van der Waals surface area contributed by atoms with E-state index in [9.17, 15) is 4.79 Å². The van der Waals surface area contributed by atoms with Crippen molar-refractivity contribution in [1.29, 1.82) is 0 Å². The number of pyridine rings is 1. The van der Waals surface area contributed by atoms with E-state index >= 15 is 0 Å². The van der Waals surface area contributed by atoms with Gasteiger partial charge in [0.05, 0.1) is 12.1 Å². The van der Waals surface area contributed by atoms with Gasteiger partial charge in [-0.3, -0.25) is 9.08 Å². The van der Waals surface area contributed by atoms with Gasteiger partial charge in [-0.05, 0) is 31.4 Å². The summed E-state index contributed by atoms with van der Waals surface area (Å²) in [6, 6.07) is 7.48. The average Bonchev–Trinajstić information content (AvgIpc) is 3.14. The van der Waals surface area contributed by atoms with Gasteiger partial charge in [0, 0.05) is 18.6 Å². The van der Waals surface area contributed by atoms with Crippen LogP contribution in [-0.4, -0.2) is 37.5 Å². The van der Waals surface area contributed by atoms with Crippen molar-refractivity contribution in [3.63, 3.8) is 0 Å². The van der Waals surface area contributed by atoms with Crippen LogP contribution in [0.3, 0.4) is 0 Å². The van der Waals surface area contributed by atoms with Gasteiger partial charge < -0.3 is 4.74 Å². The Bertz CT molecular complexity index is 782. The first-order valence-corrected chi connectivity index (χ1v) is 8.11. The third-order valence-electron chi connectivity index (χ3n) is 3.20.